The Bertz CT molecular complexity index is 641. The van der Waals surface area contributed by atoms with E-state index in [-0.39, 0.29) is 0 Å². The number of aromatic nitrogens is 1. The molecule has 0 spiro atoms. The number of oxazole rings is 1. The van der Waals surface area contributed by atoms with Gasteiger partial charge in [0.25, 0.3) is 0 Å². The quantitative estimate of drug-likeness (QED) is 0.681. The molecule has 0 radical (unpaired) electrons. The van der Waals surface area contributed by atoms with E-state index >= 15 is 0 Å². The minimum atomic E-state index is 0.791. The highest BCUT2D eigenvalue weighted by molar-refractivity contribution is 5.72. The standard InChI is InChI=1S/C14H12N2O/c15-12-4-1-10(2-5-12)7-11-3-6-13-14(8-11)17-9-16-13/h1-6,8-9H,7,15H2. The van der Waals surface area contributed by atoms with Crippen molar-refractivity contribution in [3.05, 3.63) is 60.0 Å². The number of benzene rings is 2. The summed E-state index contributed by atoms with van der Waals surface area (Å²) in [5.74, 6) is 0. The predicted octanol–water partition coefficient (Wildman–Crippen LogP) is 3.00. The van der Waals surface area contributed by atoms with Crippen molar-refractivity contribution in [1.82, 2.24) is 4.98 Å². The van der Waals surface area contributed by atoms with Crippen molar-refractivity contribution in [2.75, 3.05) is 5.73 Å². The van der Waals surface area contributed by atoms with Gasteiger partial charge in [-0.3, -0.25) is 0 Å². The second kappa shape index (κ2) is 3.94. The Morgan fingerprint density at radius 1 is 1.00 bits per heavy atom. The van der Waals surface area contributed by atoms with E-state index in [0.29, 0.717) is 0 Å². The number of nitrogens with zero attached hydrogens (tertiary/aromatic N) is 1. The molecule has 84 valence electrons. The molecule has 0 unspecified atom stereocenters. The monoisotopic (exact) mass is 224 g/mol. The zero-order valence-electron chi connectivity index (χ0n) is 9.26. The molecule has 0 aliphatic heterocycles. The fourth-order valence-corrected chi connectivity index (χ4v) is 1.88. The van der Waals surface area contributed by atoms with Crippen molar-refractivity contribution in [3.63, 3.8) is 0 Å². The Kier molecular flexibility index (Phi) is 2.29. The molecule has 17 heavy (non-hydrogen) atoms. The van der Waals surface area contributed by atoms with E-state index in [1.165, 1.54) is 17.5 Å². The van der Waals surface area contributed by atoms with E-state index in [9.17, 15) is 0 Å². The fraction of sp³-hybridized carbons (Fsp3) is 0.0714. The third-order valence-corrected chi connectivity index (χ3v) is 2.78. The Hall–Kier alpha value is -2.29. The molecule has 0 aliphatic rings. The first-order valence-electron chi connectivity index (χ1n) is 5.48. The number of hydrogen-bond donors (Lipinski definition) is 1. The molecule has 3 rings (SSSR count). The summed E-state index contributed by atoms with van der Waals surface area (Å²) < 4.78 is 5.28. The predicted molar refractivity (Wildman–Crippen MR) is 67.7 cm³/mol. The van der Waals surface area contributed by atoms with E-state index < -0.39 is 0 Å². The number of nitrogen functional groups attached to an aromatic ring is 1. The van der Waals surface area contributed by atoms with Gasteiger partial charge in [-0.1, -0.05) is 18.2 Å². The van der Waals surface area contributed by atoms with Gasteiger partial charge in [0.05, 0.1) is 0 Å². The first kappa shape index (κ1) is 9.90. The van der Waals surface area contributed by atoms with Gasteiger partial charge in [-0.25, -0.2) is 4.98 Å². The summed E-state index contributed by atoms with van der Waals surface area (Å²) in [5, 5.41) is 0. The molecule has 0 bridgehead atoms. The normalized spacial score (nSPS) is 10.8. The minimum Gasteiger partial charge on any atom is -0.443 e. The van der Waals surface area contributed by atoms with Gasteiger partial charge in [-0.15, -0.1) is 0 Å². The molecule has 0 atom stereocenters. The lowest BCUT2D eigenvalue weighted by Gasteiger charge is -2.02. The Labute approximate surface area is 98.9 Å². The molecule has 2 aromatic carbocycles. The highest BCUT2D eigenvalue weighted by Crippen LogP contribution is 2.17. The van der Waals surface area contributed by atoms with E-state index in [0.717, 1.165) is 23.2 Å². The largest absolute Gasteiger partial charge is 0.443 e. The van der Waals surface area contributed by atoms with Crippen molar-refractivity contribution in [2.24, 2.45) is 0 Å². The van der Waals surface area contributed by atoms with Crippen LogP contribution in [0.15, 0.2) is 53.3 Å². The topological polar surface area (TPSA) is 52.0 Å². The highest BCUT2D eigenvalue weighted by atomic mass is 16.3. The van der Waals surface area contributed by atoms with Crippen LogP contribution in [0.5, 0.6) is 0 Å². The number of anilines is 1. The van der Waals surface area contributed by atoms with Crippen molar-refractivity contribution < 1.29 is 4.42 Å². The van der Waals surface area contributed by atoms with Crippen LogP contribution >= 0.6 is 0 Å². The average Bonchev–Trinajstić information content (AvgIpc) is 2.79. The zero-order valence-corrected chi connectivity index (χ0v) is 9.26. The molecule has 1 aromatic heterocycles. The van der Waals surface area contributed by atoms with Gasteiger partial charge in [-0.05, 0) is 41.8 Å². The first-order chi connectivity index (χ1) is 8.31. The SMILES string of the molecule is Nc1ccc(Cc2ccc3ncoc3c2)cc1. The number of rotatable bonds is 2. The summed E-state index contributed by atoms with van der Waals surface area (Å²) in [7, 11) is 0. The van der Waals surface area contributed by atoms with Crippen LogP contribution < -0.4 is 5.73 Å². The summed E-state index contributed by atoms with van der Waals surface area (Å²) in [5.41, 5.74) is 10.6. The lowest BCUT2D eigenvalue weighted by atomic mass is 10.0. The molecule has 3 heteroatoms. The first-order valence-corrected chi connectivity index (χ1v) is 5.48. The second-order valence-corrected chi connectivity index (χ2v) is 4.07. The molecule has 0 saturated heterocycles. The van der Waals surface area contributed by atoms with Crippen LogP contribution in [-0.4, -0.2) is 4.98 Å². The molecule has 3 nitrogen and oxygen atoms in total. The molecule has 0 saturated carbocycles. The molecule has 0 fully saturated rings. The van der Waals surface area contributed by atoms with Crippen LogP contribution in [0.1, 0.15) is 11.1 Å². The van der Waals surface area contributed by atoms with E-state index in [1.807, 2.05) is 36.4 Å². The van der Waals surface area contributed by atoms with Crippen molar-refractivity contribution in [3.8, 4) is 0 Å². The van der Waals surface area contributed by atoms with Crippen molar-refractivity contribution in [2.45, 2.75) is 6.42 Å². The molecule has 3 aromatic rings. The number of fused-ring (bicyclic) bond motifs is 1. The van der Waals surface area contributed by atoms with Gasteiger partial charge < -0.3 is 10.2 Å². The Balaban J connectivity index is 1.91. The maximum absolute atomic E-state index is 5.66. The maximum Gasteiger partial charge on any atom is 0.181 e. The van der Waals surface area contributed by atoms with Crippen LogP contribution in [0.25, 0.3) is 11.1 Å². The Morgan fingerprint density at radius 2 is 1.76 bits per heavy atom. The maximum atomic E-state index is 5.66. The summed E-state index contributed by atoms with van der Waals surface area (Å²) in [6.45, 7) is 0. The minimum absolute atomic E-state index is 0.791. The van der Waals surface area contributed by atoms with Gasteiger partial charge >= 0.3 is 0 Å². The van der Waals surface area contributed by atoms with Crippen LogP contribution in [0.3, 0.4) is 0 Å². The van der Waals surface area contributed by atoms with Crippen LogP contribution in [0.2, 0.25) is 0 Å². The van der Waals surface area contributed by atoms with Crippen molar-refractivity contribution >= 4 is 16.8 Å². The third-order valence-electron chi connectivity index (χ3n) is 2.78. The van der Waals surface area contributed by atoms with E-state index in [2.05, 4.69) is 11.1 Å². The lowest BCUT2D eigenvalue weighted by molar-refractivity contribution is 0.602. The molecular weight excluding hydrogens is 212 g/mol. The summed E-state index contributed by atoms with van der Waals surface area (Å²) in [6, 6.07) is 14.0. The summed E-state index contributed by atoms with van der Waals surface area (Å²) in [4.78, 5) is 4.10. The van der Waals surface area contributed by atoms with Gasteiger partial charge in [0.2, 0.25) is 0 Å². The Morgan fingerprint density at radius 3 is 2.59 bits per heavy atom. The van der Waals surface area contributed by atoms with Gasteiger partial charge in [0.1, 0.15) is 5.52 Å². The fourth-order valence-electron chi connectivity index (χ4n) is 1.88. The van der Waals surface area contributed by atoms with E-state index in [4.69, 9.17) is 10.2 Å². The smallest absolute Gasteiger partial charge is 0.181 e. The summed E-state index contributed by atoms with van der Waals surface area (Å²) in [6.07, 6.45) is 2.34. The van der Waals surface area contributed by atoms with Crippen LogP contribution in [-0.2, 0) is 6.42 Å². The lowest BCUT2D eigenvalue weighted by Crippen LogP contribution is -1.89. The van der Waals surface area contributed by atoms with Gasteiger partial charge in [0, 0.05) is 5.69 Å². The molecule has 0 aliphatic carbocycles. The van der Waals surface area contributed by atoms with Crippen molar-refractivity contribution in [1.29, 1.82) is 0 Å². The number of nitrogens with two attached hydrogens (primary N) is 1. The average molecular weight is 224 g/mol. The summed E-state index contributed by atoms with van der Waals surface area (Å²) >= 11 is 0. The van der Waals surface area contributed by atoms with Gasteiger partial charge in [0.15, 0.2) is 12.0 Å². The van der Waals surface area contributed by atoms with Gasteiger partial charge in [-0.2, -0.15) is 0 Å². The molecular formula is C14H12N2O. The third kappa shape index (κ3) is 1.99. The van der Waals surface area contributed by atoms with E-state index in [1.54, 1.807) is 0 Å². The zero-order chi connectivity index (χ0) is 11.7. The number of hydrogen-bond acceptors (Lipinski definition) is 3. The van der Waals surface area contributed by atoms with Crippen LogP contribution in [0, 0.1) is 0 Å². The van der Waals surface area contributed by atoms with Crippen LogP contribution in [0.4, 0.5) is 5.69 Å². The molecule has 1 heterocycles. The molecule has 2 N–H and O–H groups in total. The highest BCUT2D eigenvalue weighted by Gasteiger charge is 2.01. The molecule has 0 amide bonds. The second-order valence-electron chi connectivity index (χ2n) is 4.07.